The zero-order chi connectivity index (χ0) is 16.3. The van der Waals surface area contributed by atoms with Crippen molar-refractivity contribution in [1.82, 2.24) is 9.80 Å². The monoisotopic (exact) mass is 324 g/mol. The van der Waals surface area contributed by atoms with Crippen LogP contribution in [0.4, 0.5) is 0 Å². The van der Waals surface area contributed by atoms with E-state index in [4.69, 9.17) is 0 Å². The molecule has 0 spiro atoms. The highest BCUT2D eigenvalue weighted by Crippen LogP contribution is 2.28. The summed E-state index contributed by atoms with van der Waals surface area (Å²) >= 11 is 1.66. The summed E-state index contributed by atoms with van der Waals surface area (Å²) in [5.74, 6) is 0.783. The first kappa shape index (κ1) is 17.4. The van der Waals surface area contributed by atoms with E-state index in [9.17, 15) is 9.90 Å². The minimum Gasteiger partial charge on any atom is -0.396 e. The number of aryl methyl sites for hydroxylation is 1. The number of nitrogens with zero attached hydrogens (tertiary/aromatic N) is 2. The van der Waals surface area contributed by atoms with Gasteiger partial charge >= 0.3 is 0 Å². The highest BCUT2D eigenvalue weighted by Gasteiger charge is 2.31. The maximum absolute atomic E-state index is 12.9. The molecule has 0 saturated carbocycles. The van der Waals surface area contributed by atoms with Gasteiger partial charge in [-0.25, -0.2) is 0 Å². The van der Waals surface area contributed by atoms with Gasteiger partial charge in [-0.3, -0.25) is 4.79 Å². The Morgan fingerprint density at radius 2 is 2.09 bits per heavy atom. The molecule has 2 rings (SSSR count). The van der Waals surface area contributed by atoms with Gasteiger partial charge in [-0.2, -0.15) is 0 Å². The van der Waals surface area contributed by atoms with Crippen LogP contribution in [0.15, 0.2) is 5.38 Å². The molecule has 2 atom stereocenters. The molecule has 1 amide bonds. The van der Waals surface area contributed by atoms with Crippen LogP contribution in [-0.4, -0.2) is 61.2 Å². The highest BCUT2D eigenvalue weighted by atomic mass is 32.1. The first-order valence-corrected chi connectivity index (χ1v) is 8.96. The van der Waals surface area contributed by atoms with Crippen LogP contribution >= 0.6 is 11.3 Å². The van der Waals surface area contributed by atoms with Gasteiger partial charge in [0.05, 0.1) is 5.56 Å². The summed E-state index contributed by atoms with van der Waals surface area (Å²) in [6.45, 7) is 6.79. The predicted molar refractivity (Wildman–Crippen MR) is 91.6 cm³/mol. The Bertz CT molecular complexity index is 513. The van der Waals surface area contributed by atoms with Gasteiger partial charge in [0, 0.05) is 36.5 Å². The van der Waals surface area contributed by atoms with Gasteiger partial charge in [-0.05, 0) is 51.3 Å². The number of rotatable bonds is 5. The molecule has 0 aromatic carbocycles. The van der Waals surface area contributed by atoms with Gasteiger partial charge in [0.15, 0.2) is 0 Å². The van der Waals surface area contributed by atoms with E-state index in [1.807, 2.05) is 10.3 Å². The summed E-state index contributed by atoms with van der Waals surface area (Å²) in [6, 6.07) is 0. The van der Waals surface area contributed by atoms with Crippen molar-refractivity contribution in [3.05, 3.63) is 21.4 Å². The molecule has 124 valence electrons. The van der Waals surface area contributed by atoms with E-state index < -0.39 is 0 Å². The molecule has 22 heavy (non-hydrogen) atoms. The molecule has 0 radical (unpaired) electrons. The summed E-state index contributed by atoms with van der Waals surface area (Å²) in [5.41, 5.74) is 2.05. The molecule has 0 unspecified atom stereocenters. The van der Waals surface area contributed by atoms with E-state index >= 15 is 0 Å². The van der Waals surface area contributed by atoms with Gasteiger partial charge in [0.25, 0.3) is 5.91 Å². The SMILES string of the molecule is CCc1c(C(=O)N2C[C@@H](CO)C[C@@H](CN(C)C)C2)csc1C. The second-order valence-electron chi connectivity index (χ2n) is 6.66. The van der Waals surface area contributed by atoms with E-state index in [-0.39, 0.29) is 18.4 Å². The number of thiophene rings is 1. The number of likely N-dealkylation sites (tertiary alicyclic amines) is 1. The molecule has 1 aromatic heterocycles. The van der Waals surface area contributed by atoms with Crippen LogP contribution in [0.25, 0.3) is 0 Å². The molecular weight excluding hydrogens is 296 g/mol. The molecule has 1 fully saturated rings. The molecule has 1 aliphatic heterocycles. The minimum absolute atomic E-state index is 0.142. The summed E-state index contributed by atoms with van der Waals surface area (Å²) in [7, 11) is 4.12. The molecule has 2 heterocycles. The number of hydrogen-bond acceptors (Lipinski definition) is 4. The fraction of sp³-hybridized carbons (Fsp3) is 0.706. The average Bonchev–Trinajstić information content (AvgIpc) is 2.86. The molecule has 1 aliphatic rings. The van der Waals surface area contributed by atoms with E-state index in [0.29, 0.717) is 12.5 Å². The Kier molecular flexibility index (Phi) is 6.01. The number of hydrogen-bond donors (Lipinski definition) is 1. The second-order valence-corrected chi connectivity index (χ2v) is 7.74. The van der Waals surface area contributed by atoms with Crippen molar-refractivity contribution in [3.63, 3.8) is 0 Å². The van der Waals surface area contributed by atoms with Crippen LogP contribution in [0.3, 0.4) is 0 Å². The predicted octanol–water partition coefficient (Wildman–Crippen LogP) is 2.25. The molecule has 1 aromatic rings. The summed E-state index contributed by atoms with van der Waals surface area (Å²) in [5, 5.41) is 11.6. The topological polar surface area (TPSA) is 43.8 Å². The van der Waals surface area contributed by atoms with Crippen LogP contribution in [0, 0.1) is 18.8 Å². The minimum atomic E-state index is 0.142. The largest absolute Gasteiger partial charge is 0.396 e. The zero-order valence-electron chi connectivity index (χ0n) is 14.1. The zero-order valence-corrected chi connectivity index (χ0v) is 14.9. The van der Waals surface area contributed by atoms with Crippen molar-refractivity contribution in [2.45, 2.75) is 26.7 Å². The van der Waals surface area contributed by atoms with Crippen molar-refractivity contribution >= 4 is 17.2 Å². The highest BCUT2D eigenvalue weighted by molar-refractivity contribution is 7.10. The van der Waals surface area contributed by atoms with Gasteiger partial charge < -0.3 is 14.9 Å². The Morgan fingerprint density at radius 3 is 2.68 bits per heavy atom. The standard InChI is InChI=1S/C17H28N2O2S/c1-5-15-12(2)22-11-16(15)17(21)19-8-13(7-18(3)4)6-14(9-19)10-20/h11,13-14,20H,5-10H2,1-4H3/t13-,14-/m0/s1. The van der Waals surface area contributed by atoms with Crippen LogP contribution < -0.4 is 0 Å². The number of aliphatic hydroxyl groups is 1. The van der Waals surface area contributed by atoms with Crippen LogP contribution in [0.1, 0.15) is 34.1 Å². The Morgan fingerprint density at radius 1 is 1.41 bits per heavy atom. The molecule has 4 nitrogen and oxygen atoms in total. The lowest BCUT2D eigenvalue weighted by molar-refractivity contribution is 0.0477. The molecule has 5 heteroatoms. The van der Waals surface area contributed by atoms with Crippen molar-refractivity contribution in [3.8, 4) is 0 Å². The quantitative estimate of drug-likeness (QED) is 0.903. The Hall–Kier alpha value is -0.910. The molecule has 1 N–H and O–H groups in total. The van der Waals surface area contributed by atoms with Crippen molar-refractivity contribution < 1.29 is 9.90 Å². The second kappa shape index (κ2) is 7.57. The number of carbonyl (C=O) groups is 1. The third-order valence-electron chi connectivity index (χ3n) is 4.48. The first-order valence-electron chi connectivity index (χ1n) is 8.08. The normalized spacial score (nSPS) is 22.4. The maximum atomic E-state index is 12.9. The van der Waals surface area contributed by atoms with E-state index in [1.54, 1.807) is 11.3 Å². The lowest BCUT2D eigenvalue weighted by Gasteiger charge is -2.38. The summed E-state index contributed by atoms with van der Waals surface area (Å²) in [4.78, 5) is 18.3. The third-order valence-corrected chi connectivity index (χ3v) is 5.43. The van der Waals surface area contributed by atoms with Crippen molar-refractivity contribution in [2.24, 2.45) is 11.8 Å². The van der Waals surface area contributed by atoms with Gasteiger partial charge in [0.1, 0.15) is 0 Å². The molecule has 0 aliphatic carbocycles. The van der Waals surface area contributed by atoms with Gasteiger partial charge in [-0.15, -0.1) is 11.3 Å². The van der Waals surface area contributed by atoms with Crippen molar-refractivity contribution in [2.75, 3.05) is 40.3 Å². The van der Waals surface area contributed by atoms with E-state index in [0.717, 1.165) is 31.5 Å². The smallest absolute Gasteiger partial charge is 0.255 e. The van der Waals surface area contributed by atoms with Crippen LogP contribution in [-0.2, 0) is 6.42 Å². The number of piperidine rings is 1. The molecular formula is C17H28N2O2S. The average molecular weight is 324 g/mol. The Labute approximate surface area is 137 Å². The summed E-state index contributed by atoms with van der Waals surface area (Å²) in [6.07, 6.45) is 1.90. The van der Waals surface area contributed by atoms with E-state index in [2.05, 4.69) is 32.8 Å². The number of amides is 1. The third kappa shape index (κ3) is 3.89. The van der Waals surface area contributed by atoms with Crippen molar-refractivity contribution in [1.29, 1.82) is 0 Å². The fourth-order valence-corrected chi connectivity index (χ4v) is 4.47. The maximum Gasteiger partial charge on any atom is 0.255 e. The first-order chi connectivity index (χ1) is 10.5. The lowest BCUT2D eigenvalue weighted by Crippen LogP contribution is -2.47. The van der Waals surface area contributed by atoms with Gasteiger partial charge in [-0.1, -0.05) is 6.92 Å². The lowest BCUT2D eigenvalue weighted by atomic mass is 9.88. The number of carbonyl (C=O) groups excluding carboxylic acids is 1. The summed E-state index contributed by atoms with van der Waals surface area (Å²) < 4.78 is 0. The molecule has 0 bridgehead atoms. The van der Waals surface area contributed by atoms with E-state index in [1.165, 1.54) is 10.4 Å². The van der Waals surface area contributed by atoms with Gasteiger partial charge in [0.2, 0.25) is 0 Å². The fourth-order valence-electron chi connectivity index (χ4n) is 3.53. The Balaban J connectivity index is 2.16. The number of aliphatic hydroxyl groups excluding tert-OH is 1. The van der Waals surface area contributed by atoms with Crippen LogP contribution in [0.2, 0.25) is 0 Å². The van der Waals surface area contributed by atoms with Crippen LogP contribution in [0.5, 0.6) is 0 Å². The molecule has 1 saturated heterocycles.